The molecule has 106 valence electrons. The van der Waals surface area contributed by atoms with Crippen LogP contribution in [0.1, 0.15) is 5.56 Å². The zero-order valence-corrected chi connectivity index (χ0v) is 12.1. The Morgan fingerprint density at radius 1 is 1.10 bits per heavy atom. The Balaban J connectivity index is 2.37. The molecule has 2 aromatic rings. The lowest BCUT2D eigenvalue weighted by atomic mass is 10.2. The van der Waals surface area contributed by atoms with Crippen LogP contribution in [0.3, 0.4) is 0 Å². The zero-order valence-electron chi connectivity index (χ0n) is 11.3. The van der Waals surface area contributed by atoms with Crippen LogP contribution in [-0.2, 0) is 10.0 Å². The smallest absolute Gasteiger partial charge is 0.262 e. The molecule has 0 heterocycles. The van der Waals surface area contributed by atoms with Gasteiger partial charge in [0.1, 0.15) is 5.75 Å². The van der Waals surface area contributed by atoms with Crippen molar-refractivity contribution in [3.05, 3.63) is 48.0 Å². The molecule has 20 heavy (non-hydrogen) atoms. The quantitative estimate of drug-likeness (QED) is 0.848. The van der Waals surface area contributed by atoms with E-state index in [2.05, 4.69) is 4.72 Å². The number of aryl methyl sites for hydroxylation is 1. The molecule has 0 atom stereocenters. The van der Waals surface area contributed by atoms with Crippen LogP contribution in [0, 0.1) is 6.92 Å². The fourth-order valence-corrected chi connectivity index (χ4v) is 2.79. The van der Waals surface area contributed by atoms with Crippen LogP contribution in [0.5, 0.6) is 5.75 Å². The number of methoxy groups -OCH3 is 1. The van der Waals surface area contributed by atoms with E-state index in [0.717, 1.165) is 5.56 Å². The van der Waals surface area contributed by atoms with Gasteiger partial charge in [0, 0.05) is 5.69 Å². The van der Waals surface area contributed by atoms with E-state index in [9.17, 15) is 8.42 Å². The molecular weight excluding hydrogens is 276 g/mol. The van der Waals surface area contributed by atoms with E-state index in [1.165, 1.54) is 13.2 Å². The summed E-state index contributed by atoms with van der Waals surface area (Å²) in [6.07, 6.45) is 0. The number of hydrogen-bond donors (Lipinski definition) is 2. The number of rotatable bonds is 4. The van der Waals surface area contributed by atoms with Crippen LogP contribution in [-0.4, -0.2) is 15.5 Å². The lowest BCUT2D eigenvalue weighted by molar-refractivity contribution is 0.417. The van der Waals surface area contributed by atoms with Gasteiger partial charge < -0.3 is 10.5 Å². The lowest BCUT2D eigenvalue weighted by Gasteiger charge is -2.12. The molecule has 0 saturated carbocycles. The van der Waals surface area contributed by atoms with E-state index < -0.39 is 10.0 Å². The van der Waals surface area contributed by atoms with Gasteiger partial charge in [-0.05, 0) is 37.3 Å². The highest BCUT2D eigenvalue weighted by atomic mass is 32.2. The molecule has 5 nitrogen and oxygen atoms in total. The van der Waals surface area contributed by atoms with Gasteiger partial charge in [0.2, 0.25) is 0 Å². The summed E-state index contributed by atoms with van der Waals surface area (Å²) in [6, 6.07) is 11.4. The Kier molecular flexibility index (Phi) is 3.85. The highest BCUT2D eigenvalue weighted by Gasteiger charge is 2.16. The van der Waals surface area contributed by atoms with Gasteiger partial charge >= 0.3 is 0 Å². The number of nitrogens with one attached hydrogen (secondary N) is 1. The number of ether oxygens (including phenoxy) is 1. The SMILES string of the molecule is COc1ccc(N)cc1NS(=O)(=O)c1ccc(C)cc1. The monoisotopic (exact) mass is 292 g/mol. The standard InChI is InChI=1S/C14H16N2O3S/c1-10-3-6-12(7-4-10)20(17,18)16-13-9-11(15)5-8-14(13)19-2/h3-9,16H,15H2,1-2H3. The molecule has 6 heteroatoms. The van der Waals surface area contributed by atoms with E-state index in [0.29, 0.717) is 17.1 Å². The first-order chi connectivity index (χ1) is 9.42. The number of nitrogen functional groups attached to an aromatic ring is 1. The summed E-state index contributed by atoms with van der Waals surface area (Å²) in [4.78, 5) is 0.188. The number of anilines is 2. The van der Waals surface area contributed by atoms with Crippen molar-refractivity contribution in [2.24, 2.45) is 0 Å². The Morgan fingerprint density at radius 3 is 2.35 bits per heavy atom. The van der Waals surface area contributed by atoms with Crippen molar-refractivity contribution in [3.63, 3.8) is 0 Å². The molecule has 0 amide bonds. The molecule has 2 aromatic carbocycles. The van der Waals surface area contributed by atoms with Crippen molar-refractivity contribution in [1.29, 1.82) is 0 Å². The molecule has 2 rings (SSSR count). The predicted octanol–water partition coefficient (Wildman–Crippen LogP) is 2.39. The highest BCUT2D eigenvalue weighted by molar-refractivity contribution is 7.92. The van der Waals surface area contributed by atoms with Gasteiger partial charge in [-0.3, -0.25) is 4.72 Å². The molecule has 0 saturated heterocycles. The average Bonchev–Trinajstić information content (AvgIpc) is 2.39. The van der Waals surface area contributed by atoms with E-state index in [-0.39, 0.29) is 4.90 Å². The van der Waals surface area contributed by atoms with Crippen molar-refractivity contribution in [2.75, 3.05) is 17.6 Å². The van der Waals surface area contributed by atoms with Crippen LogP contribution in [0.4, 0.5) is 11.4 Å². The fraction of sp³-hybridized carbons (Fsp3) is 0.143. The fourth-order valence-electron chi connectivity index (χ4n) is 1.73. The minimum atomic E-state index is -3.66. The van der Waals surface area contributed by atoms with Crippen molar-refractivity contribution < 1.29 is 13.2 Å². The van der Waals surface area contributed by atoms with Gasteiger partial charge in [0.25, 0.3) is 10.0 Å². The van der Waals surface area contributed by atoms with E-state index >= 15 is 0 Å². The minimum Gasteiger partial charge on any atom is -0.495 e. The molecule has 0 unspecified atom stereocenters. The maximum atomic E-state index is 12.3. The van der Waals surface area contributed by atoms with Crippen molar-refractivity contribution in [1.82, 2.24) is 0 Å². The van der Waals surface area contributed by atoms with Crippen LogP contribution in [0.15, 0.2) is 47.4 Å². The summed E-state index contributed by atoms with van der Waals surface area (Å²) in [7, 11) is -2.20. The third kappa shape index (κ3) is 3.03. The minimum absolute atomic E-state index is 0.188. The van der Waals surface area contributed by atoms with Crippen LogP contribution >= 0.6 is 0 Å². The molecule has 0 aliphatic carbocycles. The average molecular weight is 292 g/mol. The van der Waals surface area contributed by atoms with E-state index in [4.69, 9.17) is 10.5 Å². The number of sulfonamides is 1. The van der Waals surface area contributed by atoms with Crippen molar-refractivity contribution in [3.8, 4) is 5.75 Å². The lowest BCUT2D eigenvalue weighted by Crippen LogP contribution is -2.13. The van der Waals surface area contributed by atoms with Gasteiger partial charge in [0.05, 0.1) is 17.7 Å². The van der Waals surface area contributed by atoms with Gasteiger partial charge in [-0.1, -0.05) is 17.7 Å². The second-order valence-electron chi connectivity index (χ2n) is 4.38. The summed E-state index contributed by atoms with van der Waals surface area (Å²) in [5, 5.41) is 0. The summed E-state index contributed by atoms with van der Waals surface area (Å²) < 4.78 is 32.2. The van der Waals surface area contributed by atoms with Crippen LogP contribution in [0.2, 0.25) is 0 Å². The molecule has 0 spiro atoms. The number of hydrogen-bond acceptors (Lipinski definition) is 4. The first-order valence-corrected chi connectivity index (χ1v) is 7.44. The summed E-state index contributed by atoms with van der Waals surface area (Å²) in [5.74, 6) is 0.412. The number of nitrogens with two attached hydrogens (primary N) is 1. The van der Waals surface area contributed by atoms with Crippen molar-refractivity contribution in [2.45, 2.75) is 11.8 Å². The zero-order chi connectivity index (χ0) is 14.8. The van der Waals surface area contributed by atoms with Gasteiger partial charge in [-0.15, -0.1) is 0 Å². The second-order valence-corrected chi connectivity index (χ2v) is 6.06. The molecule has 0 aliphatic heterocycles. The largest absolute Gasteiger partial charge is 0.495 e. The molecule has 0 aliphatic rings. The Morgan fingerprint density at radius 2 is 1.75 bits per heavy atom. The maximum Gasteiger partial charge on any atom is 0.262 e. The summed E-state index contributed by atoms with van der Waals surface area (Å²) in [5.41, 5.74) is 7.42. The Hall–Kier alpha value is -2.21. The summed E-state index contributed by atoms with van der Waals surface area (Å²) in [6.45, 7) is 1.89. The topological polar surface area (TPSA) is 81.4 Å². The molecule has 0 aromatic heterocycles. The van der Waals surface area contributed by atoms with Crippen molar-refractivity contribution >= 4 is 21.4 Å². The molecule has 0 radical (unpaired) electrons. The first-order valence-electron chi connectivity index (χ1n) is 5.95. The van der Waals surface area contributed by atoms with Gasteiger partial charge in [0.15, 0.2) is 0 Å². The Bertz CT molecular complexity index is 710. The number of benzene rings is 2. The maximum absolute atomic E-state index is 12.3. The van der Waals surface area contributed by atoms with E-state index in [1.807, 2.05) is 6.92 Å². The summed E-state index contributed by atoms with van der Waals surface area (Å²) >= 11 is 0. The predicted molar refractivity (Wildman–Crippen MR) is 79.4 cm³/mol. The molecule has 3 N–H and O–H groups in total. The highest BCUT2D eigenvalue weighted by Crippen LogP contribution is 2.28. The Labute approximate surface area is 118 Å². The first kappa shape index (κ1) is 14.2. The molecule has 0 bridgehead atoms. The third-order valence-corrected chi connectivity index (χ3v) is 4.18. The second kappa shape index (κ2) is 5.42. The third-order valence-electron chi connectivity index (χ3n) is 2.80. The van der Waals surface area contributed by atoms with E-state index in [1.54, 1.807) is 36.4 Å². The van der Waals surface area contributed by atoms with Gasteiger partial charge in [-0.2, -0.15) is 0 Å². The van der Waals surface area contributed by atoms with Crippen LogP contribution in [0.25, 0.3) is 0 Å². The van der Waals surface area contributed by atoms with Crippen LogP contribution < -0.4 is 15.2 Å². The molecular formula is C14H16N2O3S. The molecule has 0 fully saturated rings. The van der Waals surface area contributed by atoms with Gasteiger partial charge in [-0.25, -0.2) is 8.42 Å². The normalized spacial score (nSPS) is 11.1.